The van der Waals surface area contributed by atoms with Crippen molar-refractivity contribution < 1.29 is 9.53 Å². The first kappa shape index (κ1) is 15.9. The van der Waals surface area contributed by atoms with Crippen molar-refractivity contribution in [1.29, 1.82) is 0 Å². The molecule has 0 bridgehead atoms. The Balaban J connectivity index is 1.48. The monoisotopic (exact) mass is 337 g/mol. The summed E-state index contributed by atoms with van der Waals surface area (Å²) < 4.78 is 6.25. The maximum Gasteiger partial charge on any atom is 0.317 e. The number of hydrogen-bond donors (Lipinski definition) is 1. The van der Waals surface area contributed by atoms with Gasteiger partial charge in [-0.25, -0.2) is 4.79 Å². The molecule has 1 aliphatic heterocycles. The van der Waals surface area contributed by atoms with Crippen molar-refractivity contribution in [1.82, 2.24) is 15.2 Å². The van der Waals surface area contributed by atoms with Gasteiger partial charge in [0.15, 0.2) is 0 Å². The van der Waals surface area contributed by atoms with E-state index < -0.39 is 0 Å². The molecule has 1 N–H and O–H groups in total. The van der Waals surface area contributed by atoms with E-state index in [0.717, 1.165) is 36.1 Å². The number of amides is 2. The van der Waals surface area contributed by atoms with Crippen LogP contribution in [0, 0.1) is 0 Å². The normalized spacial score (nSPS) is 20.1. The van der Waals surface area contributed by atoms with Crippen LogP contribution in [0.2, 0.25) is 0 Å². The zero-order chi connectivity index (χ0) is 17.3. The quantitative estimate of drug-likeness (QED) is 0.930. The van der Waals surface area contributed by atoms with Gasteiger partial charge in [-0.2, -0.15) is 0 Å². The molecule has 1 aromatic heterocycles. The molecule has 1 spiro atoms. The van der Waals surface area contributed by atoms with E-state index in [9.17, 15) is 4.79 Å². The number of nitrogens with one attached hydrogen (secondary N) is 1. The van der Waals surface area contributed by atoms with Crippen LogP contribution >= 0.6 is 0 Å². The fourth-order valence-corrected chi connectivity index (χ4v) is 3.72. The number of hydrogen-bond acceptors (Lipinski definition) is 3. The predicted octanol–water partition coefficient (Wildman–Crippen LogP) is 3.67. The van der Waals surface area contributed by atoms with Gasteiger partial charge in [0.05, 0.1) is 6.04 Å². The third kappa shape index (κ3) is 3.18. The molecule has 2 aliphatic rings. The molecule has 2 aromatic rings. The molecule has 2 amide bonds. The molecule has 0 radical (unpaired) electrons. The molecule has 5 nitrogen and oxygen atoms in total. The third-order valence-corrected chi connectivity index (χ3v) is 5.28. The van der Waals surface area contributed by atoms with Crippen molar-refractivity contribution in [3.05, 3.63) is 59.9 Å². The van der Waals surface area contributed by atoms with Crippen LogP contribution in [-0.2, 0) is 6.54 Å². The van der Waals surface area contributed by atoms with E-state index in [2.05, 4.69) is 16.4 Å². The molecule has 0 saturated heterocycles. The molecule has 25 heavy (non-hydrogen) atoms. The number of nitrogens with zero attached hydrogens (tertiary/aromatic N) is 2. The molecular weight excluding hydrogens is 314 g/mol. The summed E-state index contributed by atoms with van der Waals surface area (Å²) in [5, 5.41) is 3.21. The van der Waals surface area contributed by atoms with Crippen LogP contribution in [0.1, 0.15) is 42.9 Å². The number of urea groups is 1. The molecule has 1 fully saturated rings. The van der Waals surface area contributed by atoms with Crippen LogP contribution in [0.4, 0.5) is 4.79 Å². The highest BCUT2D eigenvalue weighted by Crippen LogP contribution is 2.48. The average molecular weight is 337 g/mol. The highest BCUT2D eigenvalue weighted by atomic mass is 16.5. The topological polar surface area (TPSA) is 54.5 Å². The summed E-state index contributed by atoms with van der Waals surface area (Å²) in [7, 11) is 1.82. The smallest absolute Gasteiger partial charge is 0.317 e. The lowest BCUT2D eigenvalue weighted by atomic mass is 9.73. The van der Waals surface area contributed by atoms with Crippen molar-refractivity contribution in [2.45, 2.75) is 43.9 Å². The third-order valence-electron chi connectivity index (χ3n) is 5.28. The van der Waals surface area contributed by atoms with Gasteiger partial charge in [0.2, 0.25) is 0 Å². The highest BCUT2D eigenvalue weighted by Gasteiger charge is 2.45. The van der Waals surface area contributed by atoms with E-state index in [1.165, 1.54) is 6.42 Å². The van der Waals surface area contributed by atoms with Crippen LogP contribution in [0.15, 0.2) is 48.8 Å². The number of carbonyl (C=O) groups excluding carboxylic acids is 1. The van der Waals surface area contributed by atoms with Gasteiger partial charge in [0.25, 0.3) is 0 Å². The largest absolute Gasteiger partial charge is 0.487 e. The number of rotatable bonds is 3. The second kappa shape index (κ2) is 6.39. The van der Waals surface area contributed by atoms with Crippen molar-refractivity contribution >= 4 is 6.03 Å². The van der Waals surface area contributed by atoms with Crippen LogP contribution in [-0.4, -0.2) is 28.6 Å². The Hall–Kier alpha value is -2.56. The molecule has 1 aromatic carbocycles. The minimum absolute atomic E-state index is 0.00219. The van der Waals surface area contributed by atoms with Gasteiger partial charge in [0, 0.05) is 38.0 Å². The summed E-state index contributed by atoms with van der Waals surface area (Å²) in [6.07, 6.45) is 7.68. The minimum Gasteiger partial charge on any atom is -0.487 e. The Morgan fingerprint density at radius 2 is 2.04 bits per heavy atom. The van der Waals surface area contributed by atoms with E-state index in [-0.39, 0.29) is 17.7 Å². The summed E-state index contributed by atoms with van der Waals surface area (Å²) in [6.45, 7) is 0.560. The van der Waals surface area contributed by atoms with Crippen LogP contribution in [0.3, 0.4) is 0 Å². The van der Waals surface area contributed by atoms with Gasteiger partial charge in [-0.3, -0.25) is 4.98 Å². The van der Waals surface area contributed by atoms with Crippen molar-refractivity contribution in [3.63, 3.8) is 0 Å². The van der Waals surface area contributed by atoms with Crippen LogP contribution in [0.25, 0.3) is 0 Å². The summed E-state index contributed by atoms with van der Waals surface area (Å²) in [5.74, 6) is 0.913. The highest BCUT2D eigenvalue weighted by molar-refractivity contribution is 5.74. The summed E-state index contributed by atoms with van der Waals surface area (Å²) >= 11 is 0. The Kier molecular flexibility index (Phi) is 4.07. The number of pyridine rings is 1. The van der Waals surface area contributed by atoms with Gasteiger partial charge >= 0.3 is 6.03 Å². The zero-order valence-corrected chi connectivity index (χ0v) is 14.4. The summed E-state index contributed by atoms with van der Waals surface area (Å²) in [4.78, 5) is 18.4. The van der Waals surface area contributed by atoms with E-state index >= 15 is 0 Å². The Morgan fingerprint density at radius 1 is 1.28 bits per heavy atom. The number of aromatic nitrogens is 1. The van der Waals surface area contributed by atoms with E-state index in [4.69, 9.17) is 4.74 Å². The lowest BCUT2D eigenvalue weighted by Gasteiger charge is -2.48. The first-order valence-corrected chi connectivity index (χ1v) is 8.84. The first-order chi connectivity index (χ1) is 12.2. The van der Waals surface area contributed by atoms with Gasteiger partial charge in [-0.1, -0.05) is 18.2 Å². The Labute approximate surface area is 148 Å². The number of para-hydroxylation sites is 1. The number of ether oxygens (including phenoxy) is 1. The summed E-state index contributed by atoms with van der Waals surface area (Å²) in [6, 6.07) is 11.8. The fraction of sp³-hybridized carbons (Fsp3) is 0.400. The maximum atomic E-state index is 12.7. The summed E-state index contributed by atoms with van der Waals surface area (Å²) in [5.41, 5.74) is 2.05. The van der Waals surface area contributed by atoms with E-state index in [1.54, 1.807) is 17.3 Å². The SMILES string of the molecule is CN(Cc1ccncc1)C(=O)N[C@H]1CC2(CCC2)Oc2ccccc21. The molecule has 4 rings (SSSR count). The maximum absolute atomic E-state index is 12.7. The van der Waals surface area contributed by atoms with Gasteiger partial charge < -0.3 is 15.0 Å². The minimum atomic E-state index is -0.0873. The predicted molar refractivity (Wildman–Crippen MR) is 95.2 cm³/mol. The number of carbonyl (C=O) groups is 1. The second-order valence-corrected chi connectivity index (χ2v) is 7.09. The van der Waals surface area contributed by atoms with E-state index in [0.29, 0.717) is 6.54 Å². The fourth-order valence-electron chi connectivity index (χ4n) is 3.72. The number of benzene rings is 1. The lowest BCUT2D eigenvalue weighted by molar-refractivity contribution is -0.0359. The molecule has 0 unspecified atom stereocenters. The van der Waals surface area contributed by atoms with Gasteiger partial charge in [-0.05, 0) is 43.0 Å². The molecule has 1 saturated carbocycles. The Morgan fingerprint density at radius 3 is 2.76 bits per heavy atom. The lowest BCUT2D eigenvalue weighted by Crippen LogP contribution is -2.51. The molecule has 1 atom stereocenters. The van der Waals surface area contributed by atoms with Crippen LogP contribution < -0.4 is 10.1 Å². The standard InChI is InChI=1S/C20H23N3O2/c1-23(14-15-7-11-21-12-8-15)19(24)22-17-13-20(9-4-10-20)25-18-6-3-2-5-16(17)18/h2-3,5-8,11-12,17H,4,9-10,13-14H2,1H3,(H,22,24)/t17-/m0/s1. The Bertz CT molecular complexity index is 759. The molecular formula is C20H23N3O2. The average Bonchev–Trinajstić information content (AvgIpc) is 2.61. The van der Waals surface area contributed by atoms with Crippen molar-refractivity contribution in [3.8, 4) is 5.75 Å². The molecule has 5 heteroatoms. The van der Waals surface area contributed by atoms with Crippen molar-refractivity contribution in [2.24, 2.45) is 0 Å². The number of fused-ring (bicyclic) bond motifs is 1. The van der Waals surface area contributed by atoms with Gasteiger partial charge in [-0.15, -0.1) is 0 Å². The molecule has 2 heterocycles. The van der Waals surface area contributed by atoms with Crippen LogP contribution in [0.5, 0.6) is 5.75 Å². The zero-order valence-electron chi connectivity index (χ0n) is 14.4. The van der Waals surface area contributed by atoms with Crippen molar-refractivity contribution in [2.75, 3.05) is 7.05 Å². The second-order valence-electron chi connectivity index (χ2n) is 7.09. The first-order valence-electron chi connectivity index (χ1n) is 8.84. The van der Waals surface area contributed by atoms with E-state index in [1.807, 2.05) is 37.4 Å². The molecule has 130 valence electrons. The van der Waals surface area contributed by atoms with Gasteiger partial charge in [0.1, 0.15) is 11.4 Å². The molecule has 1 aliphatic carbocycles.